The SMILES string of the molecule is O=C([O-])CCN1C(=O)/C(=C/c2cccc3nccnc23)SC1=S. The van der Waals surface area contributed by atoms with E-state index in [1.807, 2.05) is 18.2 Å². The third-order valence-corrected chi connectivity index (χ3v) is 4.61. The maximum atomic E-state index is 12.4. The molecule has 1 aromatic carbocycles. The second-order valence-electron chi connectivity index (χ2n) is 4.73. The summed E-state index contributed by atoms with van der Waals surface area (Å²) in [5, 5.41) is 10.6. The Morgan fingerprint density at radius 3 is 2.91 bits per heavy atom. The lowest BCUT2D eigenvalue weighted by atomic mass is 10.1. The number of rotatable bonds is 4. The van der Waals surface area contributed by atoms with Crippen LogP contribution in [0.2, 0.25) is 0 Å². The van der Waals surface area contributed by atoms with Crippen LogP contribution in [0, 0.1) is 0 Å². The minimum Gasteiger partial charge on any atom is -0.550 e. The fourth-order valence-electron chi connectivity index (χ4n) is 2.17. The predicted molar refractivity (Wildman–Crippen MR) is 89.0 cm³/mol. The van der Waals surface area contributed by atoms with Gasteiger partial charge in [0, 0.05) is 36.9 Å². The normalized spacial score (nSPS) is 16.5. The lowest BCUT2D eigenvalue weighted by Crippen LogP contribution is -2.33. The van der Waals surface area contributed by atoms with Gasteiger partial charge < -0.3 is 9.90 Å². The Labute approximate surface area is 141 Å². The summed E-state index contributed by atoms with van der Waals surface area (Å²) in [5.41, 5.74) is 2.18. The highest BCUT2D eigenvalue weighted by atomic mass is 32.2. The van der Waals surface area contributed by atoms with Crippen molar-refractivity contribution < 1.29 is 14.7 Å². The number of nitrogens with zero attached hydrogens (tertiary/aromatic N) is 3. The van der Waals surface area contributed by atoms with Gasteiger partial charge in [-0.3, -0.25) is 19.7 Å². The van der Waals surface area contributed by atoms with Crippen LogP contribution in [0.5, 0.6) is 0 Å². The van der Waals surface area contributed by atoms with Gasteiger partial charge in [0.2, 0.25) is 0 Å². The molecule has 1 saturated heterocycles. The summed E-state index contributed by atoms with van der Waals surface area (Å²) < 4.78 is 0.342. The zero-order valence-corrected chi connectivity index (χ0v) is 13.4. The van der Waals surface area contributed by atoms with Gasteiger partial charge >= 0.3 is 0 Å². The smallest absolute Gasteiger partial charge is 0.266 e. The minimum atomic E-state index is -1.22. The number of amides is 1. The van der Waals surface area contributed by atoms with E-state index in [1.165, 1.54) is 4.90 Å². The number of carbonyl (C=O) groups is 2. The molecule has 0 atom stereocenters. The van der Waals surface area contributed by atoms with Gasteiger partial charge in [-0.1, -0.05) is 36.1 Å². The Morgan fingerprint density at radius 1 is 1.35 bits per heavy atom. The van der Waals surface area contributed by atoms with Gasteiger partial charge in [0.05, 0.1) is 15.9 Å². The molecule has 3 rings (SSSR count). The molecule has 2 aromatic rings. The summed E-state index contributed by atoms with van der Waals surface area (Å²) in [7, 11) is 0. The quantitative estimate of drug-likeness (QED) is 0.603. The van der Waals surface area contributed by atoms with Gasteiger partial charge in [0.25, 0.3) is 5.91 Å². The first-order chi connectivity index (χ1) is 11.1. The van der Waals surface area contributed by atoms with Crippen molar-refractivity contribution in [2.45, 2.75) is 6.42 Å². The number of para-hydroxylation sites is 1. The van der Waals surface area contributed by atoms with Crippen LogP contribution >= 0.6 is 24.0 Å². The number of hydrogen-bond acceptors (Lipinski definition) is 7. The number of aromatic nitrogens is 2. The Balaban J connectivity index is 1.92. The van der Waals surface area contributed by atoms with Crippen LogP contribution in [0.25, 0.3) is 17.1 Å². The predicted octanol–water partition coefficient (Wildman–Crippen LogP) is 0.971. The molecular weight excluding hydrogens is 334 g/mol. The van der Waals surface area contributed by atoms with Gasteiger partial charge in [-0.05, 0) is 12.1 Å². The number of carboxylic acids is 1. The number of benzene rings is 1. The lowest BCUT2D eigenvalue weighted by molar-refractivity contribution is -0.305. The van der Waals surface area contributed by atoms with Gasteiger partial charge in [0.15, 0.2) is 0 Å². The Kier molecular flexibility index (Phi) is 4.35. The molecule has 0 radical (unpaired) electrons. The summed E-state index contributed by atoms with van der Waals surface area (Å²) >= 11 is 6.29. The third kappa shape index (κ3) is 3.22. The van der Waals surface area contributed by atoms with Gasteiger partial charge in [-0.2, -0.15) is 0 Å². The number of carboxylic acid groups (broad SMARTS) is 1. The highest BCUT2D eigenvalue weighted by Crippen LogP contribution is 2.33. The maximum Gasteiger partial charge on any atom is 0.266 e. The topological polar surface area (TPSA) is 86.2 Å². The van der Waals surface area contributed by atoms with Gasteiger partial charge in [-0.15, -0.1) is 0 Å². The van der Waals surface area contributed by atoms with Crippen LogP contribution in [0.4, 0.5) is 0 Å². The van der Waals surface area contributed by atoms with Crippen molar-refractivity contribution >= 4 is 57.3 Å². The van der Waals surface area contributed by atoms with Crippen molar-refractivity contribution in [2.24, 2.45) is 0 Å². The second kappa shape index (κ2) is 6.43. The number of thioether (sulfide) groups is 1. The van der Waals surface area contributed by atoms with Crippen molar-refractivity contribution in [2.75, 3.05) is 6.54 Å². The number of aliphatic carboxylic acids is 1. The molecule has 0 spiro atoms. The number of hydrogen-bond donors (Lipinski definition) is 0. The second-order valence-corrected chi connectivity index (χ2v) is 6.40. The first-order valence-electron chi connectivity index (χ1n) is 6.71. The molecule has 0 N–H and O–H groups in total. The molecule has 1 aliphatic rings. The highest BCUT2D eigenvalue weighted by molar-refractivity contribution is 8.26. The third-order valence-electron chi connectivity index (χ3n) is 3.23. The molecule has 6 nitrogen and oxygen atoms in total. The monoisotopic (exact) mass is 344 g/mol. The van der Waals surface area contributed by atoms with Crippen LogP contribution in [-0.2, 0) is 9.59 Å². The number of fused-ring (bicyclic) bond motifs is 1. The standard InChI is InChI=1S/C15H11N3O3S2/c19-12(20)4-7-18-14(21)11(23-15(18)22)8-9-2-1-3-10-13(9)17-6-5-16-10/h1-3,5-6,8H,4,7H2,(H,19,20)/p-1/b11-8-. The average Bonchev–Trinajstić information content (AvgIpc) is 2.79. The first kappa shape index (κ1) is 15.6. The Bertz CT molecular complexity index is 845. The molecule has 1 amide bonds. The summed E-state index contributed by atoms with van der Waals surface area (Å²) in [6, 6.07) is 5.51. The highest BCUT2D eigenvalue weighted by Gasteiger charge is 2.31. The van der Waals surface area contributed by atoms with Crippen LogP contribution in [-0.4, -0.2) is 37.6 Å². The zero-order chi connectivity index (χ0) is 16.4. The maximum absolute atomic E-state index is 12.4. The van der Waals surface area contributed by atoms with E-state index in [0.717, 1.165) is 22.8 Å². The van der Waals surface area contributed by atoms with E-state index in [9.17, 15) is 14.7 Å². The molecule has 0 saturated carbocycles. The molecule has 0 bridgehead atoms. The van der Waals surface area contributed by atoms with E-state index in [0.29, 0.717) is 14.7 Å². The van der Waals surface area contributed by atoms with Gasteiger partial charge in [-0.25, -0.2) is 0 Å². The summed E-state index contributed by atoms with van der Waals surface area (Å²) in [5.74, 6) is -1.52. The van der Waals surface area contributed by atoms with Crippen LogP contribution < -0.4 is 5.11 Å². The fourth-order valence-corrected chi connectivity index (χ4v) is 3.47. The Hall–Kier alpha value is -2.32. The van der Waals surface area contributed by atoms with Crippen molar-refractivity contribution in [3.05, 3.63) is 41.1 Å². The molecule has 0 unspecified atom stereocenters. The van der Waals surface area contributed by atoms with Crippen molar-refractivity contribution in [3.8, 4) is 0 Å². The van der Waals surface area contributed by atoms with Crippen LogP contribution in [0.3, 0.4) is 0 Å². The van der Waals surface area contributed by atoms with E-state index in [-0.39, 0.29) is 18.9 Å². The summed E-state index contributed by atoms with van der Waals surface area (Å²) in [4.78, 5) is 33.1. The van der Waals surface area contributed by atoms with E-state index in [1.54, 1.807) is 18.5 Å². The van der Waals surface area contributed by atoms with E-state index in [4.69, 9.17) is 12.2 Å². The van der Waals surface area contributed by atoms with Crippen molar-refractivity contribution in [1.82, 2.24) is 14.9 Å². The van der Waals surface area contributed by atoms with Crippen LogP contribution in [0.1, 0.15) is 12.0 Å². The number of thiocarbonyl (C=S) groups is 1. The molecule has 8 heteroatoms. The molecule has 0 aliphatic carbocycles. The van der Waals surface area contributed by atoms with Crippen molar-refractivity contribution in [3.63, 3.8) is 0 Å². The summed E-state index contributed by atoms with van der Waals surface area (Å²) in [6.07, 6.45) is 4.64. The Morgan fingerprint density at radius 2 is 2.13 bits per heavy atom. The largest absolute Gasteiger partial charge is 0.550 e. The number of carbonyl (C=O) groups excluding carboxylic acids is 2. The zero-order valence-electron chi connectivity index (χ0n) is 11.8. The van der Waals surface area contributed by atoms with E-state index in [2.05, 4.69) is 9.97 Å². The molecule has 1 fully saturated rings. The molecule has 2 heterocycles. The molecule has 1 aromatic heterocycles. The molecule has 23 heavy (non-hydrogen) atoms. The van der Waals surface area contributed by atoms with Crippen molar-refractivity contribution in [1.29, 1.82) is 0 Å². The lowest BCUT2D eigenvalue weighted by Gasteiger charge is -2.14. The average molecular weight is 344 g/mol. The van der Waals surface area contributed by atoms with Gasteiger partial charge in [0.1, 0.15) is 4.32 Å². The van der Waals surface area contributed by atoms with E-state index < -0.39 is 5.97 Å². The first-order valence-corrected chi connectivity index (χ1v) is 7.93. The molecule has 116 valence electrons. The van der Waals surface area contributed by atoms with E-state index >= 15 is 0 Å². The fraction of sp³-hybridized carbons (Fsp3) is 0.133. The molecule has 1 aliphatic heterocycles. The summed E-state index contributed by atoms with van der Waals surface area (Å²) in [6.45, 7) is 0.0136. The minimum absolute atomic E-state index is 0.0136. The van der Waals surface area contributed by atoms with Crippen LogP contribution in [0.15, 0.2) is 35.5 Å². The molecular formula is C15H10N3O3S2-.